The zero-order chi connectivity index (χ0) is 16.2. The third kappa shape index (κ3) is 3.08. The highest BCUT2D eigenvalue weighted by atomic mass is 16.5. The third-order valence-corrected chi connectivity index (χ3v) is 3.64. The standard InChI is InChI=1S/C18H17N3O2/c1-21-12-16(15-5-3-4-6-17(15)21)18(22)20-19-11-13-7-9-14(23-2)10-8-13/h3-12H,1-2H3,(H,20,22). The molecule has 3 rings (SSSR count). The first-order valence-electron chi connectivity index (χ1n) is 7.20. The number of hydrogen-bond acceptors (Lipinski definition) is 3. The summed E-state index contributed by atoms with van der Waals surface area (Å²) < 4.78 is 7.02. The van der Waals surface area contributed by atoms with Gasteiger partial charge in [-0.15, -0.1) is 0 Å². The van der Waals surface area contributed by atoms with Crippen LogP contribution < -0.4 is 10.2 Å². The fourth-order valence-electron chi connectivity index (χ4n) is 2.44. The predicted molar refractivity (Wildman–Crippen MR) is 91.0 cm³/mol. The van der Waals surface area contributed by atoms with E-state index < -0.39 is 0 Å². The number of nitrogens with one attached hydrogen (secondary N) is 1. The van der Waals surface area contributed by atoms with Crippen LogP contribution in [-0.2, 0) is 7.05 Å². The first kappa shape index (κ1) is 14.8. The summed E-state index contributed by atoms with van der Waals surface area (Å²) in [7, 11) is 3.53. The number of hydrogen-bond donors (Lipinski definition) is 1. The lowest BCUT2D eigenvalue weighted by molar-refractivity contribution is 0.0956. The van der Waals surface area contributed by atoms with Crippen molar-refractivity contribution in [1.29, 1.82) is 0 Å². The van der Waals surface area contributed by atoms with E-state index in [9.17, 15) is 4.79 Å². The van der Waals surface area contributed by atoms with E-state index >= 15 is 0 Å². The Hall–Kier alpha value is -3.08. The van der Waals surface area contributed by atoms with Crippen molar-refractivity contribution in [3.05, 3.63) is 65.9 Å². The minimum absolute atomic E-state index is 0.230. The molecule has 0 saturated heterocycles. The Kier molecular flexibility index (Phi) is 4.10. The predicted octanol–water partition coefficient (Wildman–Crippen LogP) is 2.95. The number of nitrogens with zero attached hydrogens (tertiary/aromatic N) is 2. The average Bonchev–Trinajstić information content (AvgIpc) is 2.93. The van der Waals surface area contributed by atoms with Crippen LogP contribution in [0.3, 0.4) is 0 Å². The zero-order valence-corrected chi connectivity index (χ0v) is 13.0. The first-order chi connectivity index (χ1) is 11.2. The van der Waals surface area contributed by atoms with Gasteiger partial charge in [0.2, 0.25) is 0 Å². The second-order valence-electron chi connectivity index (χ2n) is 5.14. The average molecular weight is 307 g/mol. The maximum absolute atomic E-state index is 12.3. The number of methoxy groups -OCH3 is 1. The Morgan fingerprint density at radius 1 is 1.17 bits per heavy atom. The normalized spacial score (nSPS) is 11.0. The van der Waals surface area contributed by atoms with E-state index in [2.05, 4.69) is 10.5 Å². The Morgan fingerprint density at radius 3 is 2.65 bits per heavy atom. The summed E-state index contributed by atoms with van der Waals surface area (Å²) in [5.41, 5.74) is 5.06. The van der Waals surface area contributed by atoms with Gasteiger partial charge in [-0.05, 0) is 35.9 Å². The van der Waals surface area contributed by atoms with Crippen LogP contribution in [0.15, 0.2) is 59.8 Å². The Morgan fingerprint density at radius 2 is 1.91 bits per heavy atom. The van der Waals surface area contributed by atoms with Crippen molar-refractivity contribution in [1.82, 2.24) is 9.99 Å². The molecule has 3 aromatic rings. The van der Waals surface area contributed by atoms with E-state index in [-0.39, 0.29) is 5.91 Å². The van der Waals surface area contributed by atoms with Crippen LogP contribution in [0.25, 0.3) is 10.9 Å². The number of fused-ring (bicyclic) bond motifs is 1. The first-order valence-corrected chi connectivity index (χ1v) is 7.20. The molecule has 116 valence electrons. The lowest BCUT2D eigenvalue weighted by Crippen LogP contribution is -2.17. The largest absolute Gasteiger partial charge is 0.497 e. The minimum atomic E-state index is -0.230. The summed E-state index contributed by atoms with van der Waals surface area (Å²) in [6, 6.07) is 15.2. The van der Waals surface area contributed by atoms with Crippen LogP contribution in [0, 0.1) is 0 Å². The van der Waals surface area contributed by atoms with Crippen molar-refractivity contribution in [2.45, 2.75) is 0 Å². The van der Waals surface area contributed by atoms with Crippen molar-refractivity contribution < 1.29 is 9.53 Å². The van der Waals surface area contributed by atoms with Crippen molar-refractivity contribution >= 4 is 23.0 Å². The molecule has 0 unspecified atom stereocenters. The van der Waals surface area contributed by atoms with E-state index in [4.69, 9.17) is 4.74 Å². The minimum Gasteiger partial charge on any atom is -0.497 e. The van der Waals surface area contributed by atoms with Gasteiger partial charge < -0.3 is 9.30 Å². The van der Waals surface area contributed by atoms with Gasteiger partial charge in [0.1, 0.15) is 5.75 Å². The van der Waals surface area contributed by atoms with E-state index in [0.29, 0.717) is 5.56 Å². The van der Waals surface area contributed by atoms with E-state index in [1.165, 1.54) is 0 Å². The second kappa shape index (κ2) is 6.36. The number of aromatic nitrogens is 1. The molecule has 0 radical (unpaired) electrons. The lowest BCUT2D eigenvalue weighted by Gasteiger charge is -2.00. The molecule has 0 aliphatic heterocycles. The number of carbonyl (C=O) groups excluding carboxylic acids is 1. The molecule has 0 bridgehead atoms. The number of amides is 1. The van der Waals surface area contributed by atoms with Crippen molar-refractivity contribution in [3.63, 3.8) is 0 Å². The molecule has 23 heavy (non-hydrogen) atoms. The molecule has 0 aliphatic rings. The molecule has 2 aromatic carbocycles. The van der Waals surface area contributed by atoms with Gasteiger partial charge >= 0.3 is 0 Å². The van der Waals surface area contributed by atoms with Crippen molar-refractivity contribution in [2.24, 2.45) is 12.1 Å². The highest BCUT2D eigenvalue weighted by Crippen LogP contribution is 2.20. The molecule has 0 atom stereocenters. The number of hydrazone groups is 1. The SMILES string of the molecule is COc1ccc(C=NNC(=O)c2cn(C)c3ccccc23)cc1. The van der Waals surface area contributed by atoms with Gasteiger partial charge in [0.15, 0.2) is 0 Å². The molecule has 5 nitrogen and oxygen atoms in total. The fraction of sp³-hybridized carbons (Fsp3) is 0.111. The van der Waals surface area contributed by atoms with E-state index in [1.54, 1.807) is 13.3 Å². The van der Waals surface area contributed by atoms with Crippen LogP contribution in [0.2, 0.25) is 0 Å². The summed E-state index contributed by atoms with van der Waals surface area (Å²) in [6.45, 7) is 0. The summed E-state index contributed by atoms with van der Waals surface area (Å²) in [4.78, 5) is 12.3. The van der Waals surface area contributed by atoms with Gasteiger partial charge in [0, 0.05) is 24.1 Å². The smallest absolute Gasteiger partial charge is 0.273 e. The van der Waals surface area contributed by atoms with Crippen LogP contribution in [0.1, 0.15) is 15.9 Å². The van der Waals surface area contributed by atoms with Crippen LogP contribution >= 0.6 is 0 Å². The maximum Gasteiger partial charge on any atom is 0.273 e. The summed E-state index contributed by atoms with van der Waals surface area (Å²) >= 11 is 0. The van der Waals surface area contributed by atoms with Crippen LogP contribution in [0.4, 0.5) is 0 Å². The highest BCUT2D eigenvalue weighted by Gasteiger charge is 2.12. The topological polar surface area (TPSA) is 55.6 Å². The number of carbonyl (C=O) groups is 1. The summed E-state index contributed by atoms with van der Waals surface area (Å²) in [6.07, 6.45) is 3.41. The zero-order valence-electron chi connectivity index (χ0n) is 13.0. The molecule has 0 fully saturated rings. The number of aryl methyl sites for hydroxylation is 1. The molecule has 1 aromatic heterocycles. The van der Waals surface area contributed by atoms with Gasteiger partial charge in [0.05, 0.1) is 18.9 Å². The van der Waals surface area contributed by atoms with Gasteiger partial charge in [-0.1, -0.05) is 18.2 Å². The summed E-state index contributed by atoms with van der Waals surface area (Å²) in [5.74, 6) is 0.550. The maximum atomic E-state index is 12.3. The summed E-state index contributed by atoms with van der Waals surface area (Å²) in [5, 5.41) is 4.92. The quantitative estimate of drug-likeness (QED) is 0.595. The molecular weight excluding hydrogens is 290 g/mol. The Labute approximate surface area is 134 Å². The van der Waals surface area contributed by atoms with Gasteiger partial charge in [-0.3, -0.25) is 4.79 Å². The molecule has 1 amide bonds. The van der Waals surface area contributed by atoms with E-state index in [1.807, 2.05) is 66.3 Å². The highest BCUT2D eigenvalue weighted by molar-refractivity contribution is 6.07. The van der Waals surface area contributed by atoms with Crippen molar-refractivity contribution in [2.75, 3.05) is 7.11 Å². The molecule has 0 spiro atoms. The molecular formula is C18H17N3O2. The number of ether oxygens (including phenoxy) is 1. The van der Waals surface area contributed by atoms with Gasteiger partial charge in [0.25, 0.3) is 5.91 Å². The van der Waals surface area contributed by atoms with Gasteiger partial charge in [-0.25, -0.2) is 5.43 Å². The second-order valence-corrected chi connectivity index (χ2v) is 5.14. The molecule has 0 aliphatic carbocycles. The molecule has 5 heteroatoms. The van der Waals surface area contributed by atoms with Gasteiger partial charge in [-0.2, -0.15) is 5.10 Å². The Bertz CT molecular complexity index is 864. The Balaban J connectivity index is 1.74. The monoisotopic (exact) mass is 307 g/mol. The molecule has 1 heterocycles. The number of benzene rings is 2. The van der Waals surface area contributed by atoms with Crippen LogP contribution in [-0.4, -0.2) is 23.8 Å². The third-order valence-electron chi connectivity index (χ3n) is 3.64. The molecule has 1 N–H and O–H groups in total. The van der Waals surface area contributed by atoms with E-state index in [0.717, 1.165) is 22.2 Å². The number of rotatable bonds is 4. The number of para-hydroxylation sites is 1. The lowest BCUT2D eigenvalue weighted by atomic mass is 10.2. The van der Waals surface area contributed by atoms with Crippen molar-refractivity contribution in [3.8, 4) is 5.75 Å². The molecule has 0 saturated carbocycles. The van der Waals surface area contributed by atoms with Crippen LogP contribution in [0.5, 0.6) is 5.75 Å². The fourth-order valence-corrected chi connectivity index (χ4v) is 2.44.